The maximum absolute atomic E-state index is 12.5. The van der Waals surface area contributed by atoms with Crippen LogP contribution in [-0.2, 0) is 19.2 Å². The van der Waals surface area contributed by atoms with E-state index in [1.165, 1.54) is 9.80 Å². The minimum atomic E-state index is -0.912. The first-order chi connectivity index (χ1) is 15.3. The van der Waals surface area contributed by atoms with Gasteiger partial charge in [0.05, 0.1) is 0 Å². The lowest BCUT2D eigenvalue weighted by Gasteiger charge is -2.24. The highest BCUT2D eigenvalue weighted by atomic mass is 33.1. The molecule has 0 radical (unpaired) electrons. The summed E-state index contributed by atoms with van der Waals surface area (Å²) in [6.45, 7) is 2.95. The van der Waals surface area contributed by atoms with Gasteiger partial charge in [-0.1, -0.05) is 50.1 Å². The second-order valence-corrected chi connectivity index (χ2v) is 13.2. The van der Waals surface area contributed by atoms with Crippen molar-refractivity contribution in [2.24, 2.45) is 5.92 Å². The minimum absolute atomic E-state index is 0.0619. The van der Waals surface area contributed by atoms with Crippen LogP contribution in [0.25, 0.3) is 0 Å². The summed E-state index contributed by atoms with van der Waals surface area (Å²) < 4.78 is 0. The molecule has 2 fully saturated rings. The third kappa shape index (κ3) is 8.57. The lowest BCUT2D eigenvalue weighted by molar-refractivity contribution is -0.149. The molecule has 2 heterocycles. The molecule has 2 rings (SSSR count). The van der Waals surface area contributed by atoms with Crippen LogP contribution in [0.1, 0.15) is 45.4 Å². The predicted molar refractivity (Wildman–Crippen MR) is 133 cm³/mol. The zero-order valence-corrected chi connectivity index (χ0v) is 21.5. The summed E-state index contributed by atoms with van der Waals surface area (Å²) in [6.07, 6.45) is 3.99. The molecule has 2 amide bonds. The van der Waals surface area contributed by atoms with Crippen molar-refractivity contribution in [3.8, 4) is 0 Å². The molecule has 182 valence electrons. The van der Waals surface area contributed by atoms with Crippen LogP contribution >= 0.6 is 43.2 Å². The monoisotopic (exact) mass is 524 g/mol. The molecule has 32 heavy (non-hydrogen) atoms. The zero-order chi connectivity index (χ0) is 23.5. The van der Waals surface area contributed by atoms with Crippen molar-refractivity contribution in [2.45, 2.75) is 57.5 Å². The lowest BCUT2D eigenvalue weighted by Crippen LogP contribution is -2.43. The number of aliphatic carboxylic acids is 2. The maximum atomic E-state index is 12.5. The van der Waals surface area contributed by atoms with Gasteiger partial charge in [-0.05, 0) is 32.1 Å². The van der Waals surface area contributed by atoms with E-state index in [4.69, 9.17) is 5.11 Å². The number of carbonyl (C=O) groups is 4. The van der Waals surface area contributed by atoms with E-state index in [-0.39, 0.29) is 17.7 Å². The smallest absolute Gasteiger partial charge is 0.326 e. The van der Waals surface area contributed by atoms with Crippen LogP contribution in [0.3, 0.4) is 0 Å². The van der Waals surface area contributed by atoms with Gasteiger partial charge in [-0.25, -0.2) is 9.59 Å². The van der Waals surface area contributed by atoms with Crippen LogP contribution in [0.5, 0.6) is 0 Å². The summed E-state index contributed by atoms with van der Waals surface area (Å²) in [5.74, 6) is 1.15. The molecule has 0 aromatic rings. The minimum Gasteiger partial charge on any atom is -0.480 e. The molecule has 2 N–H and O–H groups in total. The first kappa shape index (κ1) is 27.5. The molecule has 0 spiro atoms. The van der Waals surface area contributed by atoms with Crippen molar-refractivity contribution < 1.29 is 29.4 Å². The summed E-state index contributed by atoms with van der Waals surface area (Å²) in [5.41, 5.74) is 0. The Balaban J connectivity index is 1.46. The molecule has 2 saturated heterocycles. The second kappa shape index (κ2) is 14.5. The number of rotatable bonds is 14. The summed E-state index contributed by atoms with van der Waals surface area (Å²) in [4.78, 5) is 50.1. The van der Waals surface area contributed by atoms with Gasteiger partial charge in [0.1, 0.15) is 12.1 Å². The van der Waals surface area contributed by atoms with E-state index in [0.29, 0.717) is 43.9 Å². The van der Waals surface area contributed by atoms with Gasteiger partial charge in [0.2, 0.25) is 11.8 Å². The van der Waals surface area contributed by atoms with Crippen molar-refractivity contribution in [1.29, 1.82) is 0 Å². The normalized spacial score (nSPS) is 21.7. The molecular weight excluding hydrogens is 492 g/mol. The van der Waals surface area contributed by atoms with Crippen LogP contribution in [0.2, 0.25) is 0 Å². The van der Waals surface area contributed by atoms with Crippen LogP contribution in [-0.4, -0.2) is 92.0 Å². The van der Waals surface area contributed by atoms with E-state index in [0.717, 1.165) is 30.8 Å². The molecular formula is C20H32N2O6S4. The maximum Gasteiger partial charge on any atom is 0.326 e. The fourth-order valence-electron chi connectivity index (χ4n) is 3.74. The molecule has 3 atom stereocenters. The van der Waals surface area contributed by atoms with Crippen LogP contribution in [0.15, 0.2) is 0 Å². The van der Waals surface area contributed by atoms with E-state index in [2.05, 4.69) is 0 Å². The zero-order valence-electron chi connectivity index (χ0n) is 18.3. The van der Waals surface area contributed by atoms with Crippen molar-refractivity contribution in [3.05, 3.63) is 0 Å². The number of hydrogen-bond acceptors (Lipinski definition) is 8. The number of carbonyl (C=O) groups excluding carboxylic acids is 2. The Morgan fingerprint density at radius 1 is 0.844 bits per heavy atom. The Hall–Kier alpha value is -0.720. The van der Waals surface area contributed by atoms with E-state index in [1.807, 2.05) is 6.92 Å². The Kier molecular flexibility index (Phi) is 12.5. The van der Waals surface area contributed by atoms with Crippen molar-refractivity contribution >= 4 is 66.9 Å². The Morgan fingerprint density at radius 3 is 2.00 bits per heavy atom. The highest BCUT2D eigenvalue weighted by Crippen LogP contribution is 2.29. The third-order valence-corrected chi connectivity index (χ3v) is 10.6. The topological polar surface area (TPSA) is 115 Å². The largest absolute Gasteiger partial charge is 0.480 e. The van der Waals surface area contributed by atoms with Gasteiger partial charge in [0.25, 0.3) is 0 Å². The molecule has 8 nitrogen and oxygen atoms in total. The number of likely N-dealkylation sites (tertiary alicyclic amines) is 2. The Morgan fingerprint density at radius 2 is 1.38 bits per heavy atom. The Bertz CT molecular complexity index is 668. The number of carboxylic acids is 2. The highest BCUT2D eigenvalue weighted by molar-refractivity contribution is 8.77. The number of nitrogens with zero attached hydrogens (tertiary/aromatic N) is 2. The van der Waals surface area contributed by atoms with Gasteiger partial charge in [0.15, 0.2) is 0 Å². The van der Waals surface area contributed by atoms with E-state index >= 15 is 0 Å². The summed E-state index contributed by atoms with van der Waals surface area (Å²) in [6, 6.07) is -1.32. The van der Waals surface area contributed by atoms with Gasteiger partial charge in [-0.2, -0.15) is 0 Å². The quantitative estimate of drug-likeness (QED) is 0.259. The van der Waals surface area contributed by atoms with E-state index in [1.54, 1.807) is 43.2 Å². The number of carboxylic acid groups (broad SMARTS) is 2. The third-order valence-electron chi connectivity index (χ3n) is 5.44. The summed E-state index contributed by atoms with van der Waals surface area (Å²) in [7, 11) is 6.75. The molecule has 0 aromatic heterocycles. The second-order valence-electron chi connectivity index (χ2n) is 7.87. The van der Waals surface area contributed by atoms with Crippen LogP contribution in [0.4, 0.5) is 0 Å². The van der Waals surface area contributed by atoms with Crippen molar-refractivity contribution in [2.75, 3.05) is 36.1 Å². The summed E-state index contributed by atoms with van der Waals surface area (Å²) in [5, 5.41) is 18.4. The standard InChI is InChI=1S/C20H32N2O6S4/c1-14(18(24)22-9-3-6-16(22)20(27)28)13-32-30-11-4-10-29-31-12-7-17(23)21-8-2-5-15(21)19(25)26/h14-16H,2-13H2,1H3,(H,25,26)(H,27,28)/t14-,15?,16?/m0/s1. The van der Waals surface area contributed by atoms with Gasteiger partial charge in [0, 0.05) is 48.4 Å². The van der Waals surface area contributed by atoms with Crippen molar-refractivity contribution in [3.63, 3.8) is 0 Å². The molecule has 2 unspecified atom stereocenters. The fraction of sp³-hybridized carbons (Fsp3) is 0.800. The fourth-order valence-corrected chi connectivity index (χ4v) is 8.42. The predicted octanol–water partition coefficient (Wildman–Crippen LogP) is 3.32. The van der Waals surface area contributed by atoms with Crippen molar-refractivity contribution in [1.82, 2.24) is 9.80 Å². The van der Waals surface area contributed by atoms with Gasteiger partial charge >= 0.3 is 11.9 Å². The average Bonchev–Trinajstić information content (AvgIpc) is 3.44. The molecule has 0 aliphatic carbocycles. The SMILES string of the molecule is C[C@@H](CSSCCCSSCCC(=O)N1CCCC1C(=O)O)C(=O)N1CCCC1C(=O)O. The number of amides is 2. The van der Waals surface area contributed by atoms with Gasteiger partial charge in [-0.3, -0.25) is 9.59 Å². The van der Waals surface area contributed by atoms with Crippen LogP contribution < -0.4 is 0 Å². The van der Waals surface area contributed by atoms with Gasteiger partial charge in [-0.15, -0.1) is 0 Å². The van der Waals surface area contributed by atoms with Gasteiger partial charge < -0.3 is 20.0 Å². The van der Waals surface area contributed by atoms with Crippen LogP contribution in [0, 0.1) is 5.92 Å². The first-order valence-corrected chi connectivity index (χ1v) is 15.8. The van der Waals surface area contributed by atoms with E-state index in [9.17, 15) is 24.3 Å². The Labute approximate surface area is 205 Å². The lowest BCUT2D eigenvalue weighted by atomic mass is 10.1. The molecule has 2 aliphatic heterocycles. The molecule has 12 heteroatoms. The molecule has 0 aromatic carbocycles. The molecule has 0 bridgehead atoms. The molecule has 0 saturated carbocycles. The van der Waals surface area contributed by atoms with E-state index < -0.39 is 24.0 Å². The highest BCUT2D eigenvalue weighted by Gasteiger charge is 2.36. The summed E-state index contributed by atoms with van der Waals surface area (Å²) >= 11 is 0. The molecule has 2 aliphatic rings. The first-order valence-electron chi connectivity index (χ1n) is 10.9. The number of hydrogen-bond donors (Lipinski definition) is 2. The average molecular weight is 525 g/mol.